The Morgan fingerprint density at radius 2 is 1.38 bits per heavy atom. The third-order valence-electron chi connectivity index (χ3n) is 7.33. The molecule has 0 aliphatic carbocycles. The molecule has 1 N–H and O–H groups in total. The Morgan fingerprint density at radius 3 is 1.95 bits per heavy atom. The molecule has 8 nitrogen and oxygen atoms in total. The Balaban J connectivity index is 1.39. The number of fused-ring (bicyclic) bond motifs is 2. The van der Waals surface area contributed by atoms with Gasteiger partial charge < -0.3 is 33.7 Å². The summed E-state index contributed by atoms with van der Waals surface area (Å²) in [5.41, 5.74) is 1.62. The Labute approximate surface area is 248 Å². The van der Waals surface area contributed by atoms with Gasteiger partial charge in [-0.25, -0.2) is 4.79 Å². The molecule has 1 amide bonds. The summed E-state index contributed by atoms with van der Waals surface area (Å²) in [5, 5.41) is 2.90. The van der Waals surface area contributed by atoms with Crippen LogP contribution in [0.1, 0.15) is 37.5 Å². The van der Waals surface area contributed by atoms with Gasteiger partial charge in [-0.2, -0.15) is 0 Å². The molecule has 2 aliphatic heterocycles. The fourth-order valence-electron chi connectivity index (χ4n) is 5.35. The molecule has 0 unspecified atom stereocenters. The number of hydrogen-bond acceptors (Lipinski definition) is 7. The second-order valence-electron chi connectivity index (χ2n) is 11.9. The number of carbonyl (C=O) groups excluding carboxylic acids is 1. The summed E-state index contributed by atoms with van der Waals surface area (Å²) in [6.45, 7) is 7.42. The molecule has 2 aliphatic rings. The smallest absolute Gasteiger partial charge is 0.407 e. The van der Waals surface area contributed by atoms with Crippen LogP contribution >= 0.6 is 0 Å². The quantitative estimate of drug-likeness (QED) is 0.299. The highest BCUT2D eigenvalue weighted by atomic mass is 16.8. The van der Waals surface area contributed by atoms with Crippen molar-refractivity contribution in [2.75, 3.05) is 19.8 Å². The highest BCUT2D eigenvalue weighted by molar-refractivity contribution is 5.67. The van der Waals surface area contributed by atoms with Gasteiger partial charge in [0.1, 0.15) is 17.3 Å². The zero-order valence-corrected chi connectivity index (χ0v) is 24.6. The summed E-state index contributed by atoms with van der Waals surface area (Å²) >= 11 is 0. The first-order valence-corrected chi connectivity index (χ1v) is 14.5. The highest BCUT2D eigenvalue weighted by Crippen LogP contribution is 2.43. The first-order valence-electron chi connectivity index (χ1n) is 14.5. The summed E-state index contributed by atoms with van der Waals surface area (Å²) in [7, 11) is 0. The normalized spacial score (nSPS) is 25.2. The lowest BCUT2D eigenvalue weighted by molar-refractivity contribution is -0.276. The Morgan fingerprint density at radius 1 is 0.833 bits per heavy atom. The minimum absolute atomic E-state index is 0.227. The Hall–Kier alpha value is -3.27. The van der Waals surface area contributed by atoms with Crippen LogP contribution in [0.25, 0.3) is 0 Å². The number of carbonyl (C=O) groups is 1. The molecule has 3 aromatic rings. The van der Waals surface area contributed by atoms with Crippen molar-refractivity contribution in [3.63, 3.8) is 0 Å². The van der Waals surface area contributed by atoms with Gasteiger partial charge in [0, 0.05) is 6.54 Å². The summed E-state index contributed by atoms with van der Waals surface area (Å²) in [6, 6.07) is 30.0. The van der Waals surface area contributed by atoms with Crippen molar-refractivity contribution in [1.29, 1.82) is 0 Å². The molecule has 5 rings (SSSR count). The molecule has 224 valence electrons. The Kier molecular flexibility index (Phi) is 9.92. The van der Waals surface area contributed by atoms with Gasteiger partial charge in [0.25, 0.3) is 0 Å². The molecular formula is C34H41NO7. The molecule has 0 aromatic heterocycles. The van der Waals surface area contributed by atoms with E-state index < -0.39 is 35.8 Å². The van der Waals surface area contributed by atoms with Crippen molar-refractivity contribution in [1.82, 2.24) is 5.32 Å². The van der Waals surface area contributed by atoms with E-state index in [0.29, 0.717) is 19.8 Å². The molecule has 2 bridgehead atoms. The lowest BCUT2D eigenvalue weighted by Gasteiger charge is -2.46. The molecule has 0 saturated carbocycles. The third-order valence-corrected chi connectivity index (χ3v) is 7.33. The molecule has 0 spiro atoms. The lowest BCUT2D eigenvalue weighted by atomic mass is 9.84. The summed E-state index contributed by atoms with van der Waals surface area (Å²) in [6.07, 6.45) is -2.13. The van der Waals surface area contributed by atoms with E-state index in [-0.39, 0.29) is 25.7 Å². The minimum atomic E-state index is -0.891. The van der Waals surface area contributed by atoms with Crippen molar-refractivity contribution >= 4 is 6.09 Å². The van der Waals surface area contributed by atoms with E-state index in [1.165, 1.54) is 0 Å². The fourth-order valence-corrected chi connectivity index (χ4v) is 5.35. The van der Waals surface area contributed by atoms with Gasteiger partial charge in [-0.1, -0.05) is 91.0 Å². The van der Waals surface area contributed by atoms with E-state index in [0.717, 1.165) is 16.7 Å². The van der Waals surface area contributed by atoms with E-state index in [2.05, 4.69) is 5.32 Å². The maximum atomic E-state index is 12.6. The maximum absolute atomic E-state index is 12.6. The average molecular weight is 576 g/mol. The standard InChI is InChI=1S/C34H41NO7/c1-33(2,3)42-32(36)35-19-28-29(38-21-26-15-9-5-10-16-26)30(39-22-27-17-11-6-12-18-27)34(24-40-31(28)41-34)23-37-20-25-13-7-4-8-14-25/h4-18,28-31H,19-24H2,1-3H3,(H,35,36)/t28-,29-,30-,31+,34+/m1/s1. The second-order valence-corrected chi connectivity index (χ2v) is 11.9. The van der Waals surface area contributed by atoms with Crippen molar-refractivity contribution in [3.05, 3.63) is 108 Å². The number of rotatable bonds is 12. The largest absolute Gasteiger partial charge is 0.444 e. The van der Waals surface area contributed by atoms with Gasteiger partial charge in [0.05, 0.1) is 45.1 Å². The van der Waals surface area contributed by atoms with Gasteiger partial charge in [0.15, 0.2) is 6.29 Å². The molecule has 0 radical (unpaired) electrons. The first kappa shape index (κ1) is 30.2. The van der Waals surface area contributed by atoms with Crippen molar-refractivity contribution in [3.8, 4) is 0 Å². The minimum Gasteiger partial charge on any atom is -0.444 e. The van der Waals surface area contributed by atoms with Gasteiger partial charge in [-0.3, -0.25) is 0 Å². The van der Waals surface area contributed by atoms with E-state index >= 15 is 0 Å². The van der Waals surface area contributed by atoms with E-state index in [9.17, 15) is 4.79 Å². The van der Waals surface area contributed by atoms with Crippen LogP contribution in [0.2, 0.25) is 0 Å². The van der Waals surface area contributed by atoms with Crippen LogP contribution in [0.15, 0.2) is 91.0 Å². The van der Waals surface area contributed by atoms with Crippen molar-refractivity contribution < 1.29 is 33.2 Å². The number of benzene rings is 3. The molecule has 2 saturated heterocycles. The van der Waals surface area contributed by atoms with Crippen LogP contribution in [0.3, 0.4) is 0 Å². The monoisotopic (exact) mass is 575 g/mol. The number of ether oxygens (including phenoxy) is 6. The molecular weight excluding hydrogens is 534 g/mol. The zero-order chi connectivity index (χ0) is 29.4. The molecule has 2 heterocycles. The van der Waals surface area contributed by atoms with Gasteiger partial charge in [-0.05, 0) is 37.5 Å². The van der Waals surface area contributed by atoms with Gasteiger partial charge in [0.2, 0.25) is 0 Å². The van der Waals surface area contributed by atoms with Crippen molar-refractivity contribution in [2.45, 2.75) is 70.3 Å². The Bertz CT molecular complexity index is 1250. The second kappa shape index (κ2) is 13.8. The van der Waals surface area contributed by atoms with E-state index in [1.54, 1.807) is 0 Å². The van der Waals surface area contributed by atoms with Gasteiger partial charge >= 0.3 is 6.09 Å². The van der Waals surface area contributed by atoms with E-state index in [1.807, 2.05) is 112 Å². The third kappa shape index (κ3) is 7.96. The SMILES string of the molecule is CC(C)(C)OC(=O)NC[C@H]1[C@H]2OC[C@](COCc3ccccc3)(O2)[C@H](OCc2ccccc2)[C@@H]1OCc1ccccc1. The summed E-state index contributed by atoms with van der Waals surface area (Å²) in [5.74, 6) is -0.355. The lowest BCUT2D eigenvalue weighted by Crippen LogP contribution is -2.63. The number of nitrogens with one attached hydrogen (secondary N) is 1. The van der Waals surface area contributed by atoms with Crippen LogP contribution < -0.4 is 5.32 Å². The first-order chi connectivity index (χ1) is 20.3. The fraction of sp³-hybridized carbons (Fsp3) is 0.441. The topological polar surface area (TPSA) is 84.5 Å². The van der Waals surface area contributed by atoms with Crippen LogP contribution in [-0.4, -0.2) is 55.6 Å². The van der Waals surface area contributed by atoms with Crippen LogP contribution in [0.4, 0.5) is 4.79 Å². The maximum Gasteiger partial charge on any atom is 0.407 e. The van der Waals surface area contributed by atoms with E-state index in [4.69, 9.17) is 28.4 Å². The number of hydrogen-bond donors (Lipinski definition) is 1. The zero-order valence-electron chi connectivity index (χ0n) is 24.6. The van der Waals surface area contributed by atoms with Crippen LogP contribution in [-0.2, 0) is 48.2 Å². The molecule has 2 fully saturated rings. The molecule has 8 heteroatoms. The molecule has 5 atom stereocenters. The number of amides is 1. The molecule has 3 aromatic carbocycles. The van der Waals surface area contributed by atoms with Crippen LogP contribution in [0.5, 0.6) is 0 Å². The number of alkyl carbamates (subject to hydrolysis) is 1. The van der Waals surface area contributed by atoms with Gasteiger partial charge in [-0.15, -0.1) is 0 Å². The average Bonchev–Trinajstić information content (AvgIpc) is 3.36. The molecule has 42 heavy (non-hydrogen) atoms. The summed E-state index contributed by atoms with van der Waals surface area (Å²) < 4.78 is 37.9. The highest BCUT2D eigenvalue weighted by Gasteiger charge is 2.61. The predicted octanol–water partition coefficient (Wildman–Crippen LogP) is 5.64. The summed E-state index contributed by atoms with van der Waals surface area (Å²) in [4.78, 5) is 12.6. The predicted molar refractivity (Wildman–Crippen MR) is 157 cm³/mol. The van der Waals surface area contributed by atoms with Crippen molar-refractivity contribution in [2.24, 2.45) is 5.92 Å². The van der Waals surface area contributed by atoms with Crippen LogP contribution in [0, 0.1) is 5.92 Å².